The lowest BCUT2D eigenvalue weighted by molar-refractivity contribution is 0.106. The fourth-order valence-corrected chi connectivity index (χ4v) is 2.02. The standard InChI is InChI=1S/C11H22N2O/c1-12-6-11(14)8-13(10-4-5-10)7-9-2-3-9/h9-12,14H,2-8H2,1H3. The quantitative estimate of drug-likeness (QED) is 0.623. The maximum atomic E-state index is 9.73. The minimum Gasteiger partial charge on any atom is -0.390 e. The lowest BCUT2D eigenvalue weighted by atomic mass is 10.3. The molecule has 0 heterocycles. The molecule has 1 atom stereocenters. The second kappa shape index (κ2) is 4.60. The van der Waals surface area contributed by atoms with Crippen molar-refractivity contribution in [2.24, 2.45) is 5.92 Å². The summed E-state index contributed by atoms with van der Waals surface area (Å²) >= 11 is 0. The molecule has 0 spiro atoms. The Bertz CT molecular complexity index is 178. The van der Waals surface area contributed by atoms with Gasteiger partial charge in [0.15, 0.2) is 0 Å². The van der Waals surface area contributed by atoms with E-state index in [0.717, 1.165) is 18.5 Å². The molecule has 82 valence electrons. The van der Waals surface area contributed by atoms with Crippen molar-refractivity contribution in [1.82, 2.24) is 10.2 Å². The first-order valence-corrected chi connectivity index (χ1v) is 5.86. The minimum atomic E-state index is -0.195. The summed E-state index contributed by atoms with van der Waals surface area (Å²) in [5, 5.41) is 12.7. The summed E-state index contributed by atoms with van der Waals surface area (Å²) in [5.74, 6) is 0.942. The van der Waals surface area contributed by atoms with Gasteiger partial charge in [0, 0.05) is 25.7 Å². The number of nitrogens with zero attached hydrogens (tertiary/aromatic N) is 1. The van der Waals surface area contributed by atoms with Gasteiger partial charge < -0.3 is 10.4 Å². The van der Waals surface area contributed by atoms with Crippen LogP contribution in [0.1, 0.15) is 25.7 Å². The van der Waals surface area contributed by atoms with Crippen LogP contribution in [0.15, 0.2) is 0 Å². The van der Waals surface area contributed by atoms with Crippen LogP contribution in [0.2, 0.25) is 0 Å². The molecular weight excluding hydrogens is 176 g/mol. The highest BCUT2D eigenvalue weighted by Crippen LogP contribution is 2.34. The minimum absolute atomic E-state index is 0.195. The van der Waals surface area contributed by atoms with Crippen molar-refractivity contribution < 1.29 is 5.11 Å². The van der Waals surface area contributed by atoms with Crippen LogP contribution in [-0.2, 0) is 0 Å². The molecule has 0 aromatic heterocycles. The molecule has 1 unspecified atom stereocenters. The van der Waals surface area contributed by atoms with E-state index in [-0.39, 0.29) is 6.10 Å². The molecule has 3 heteroatoms. The van der Waals surface area contributed by atoms with Crippen LogP contribution in [0.4, 0.5) is 0 Å². The first-order valence-electron chi connectivity index (χ1n) is 5.86. The average Bonchev–Trinajstić information content (AvgIpc) is 3.00. The monoisotopic (exact) mass is 198 g/mol. The van der Waals surface area contributed by atoms with E-state index in [1.165, 1.54) is 32.2 Å². The predicted octanol–water partition coefficient (Wildman–Crippen LogP) is 0.441. The number of aliphatic hydroxyl groups excluding tert-OH is 1. The molecule has 2 aliphatic carbocycles. The Morgan fingerprint density at radius 2 is 2.07 bits per heavy atom. The van der Waals surface area contributed by atoms with Crippen molar-refractivity contribution in [3.05, 3.63) is 0 Å². The normalized spacial score (nSPS) is 24.2. The number of rotatable bonds is 7. The first kappa shape index (κ1) is 10.4. The van der Waals surface area contributed by atoms with Crippen molar-refractivity contribution in [3.63, 3.8) is 0 Å². The van der Waals surface area contributed by atoms with Crippen molar-refractivity contribution in [2.75, 3.05) is 26.7 Å². The van der Waals surface area contributed by atoms with Gasteiger partial charge in [-0.1, -0.05) is 0 Å². The molecule has 0 aliphatic heterocycles. The Morgan fingerprint density at radius 1 is 1.36 bits per heavy atom. The van der Waals surface area contributed by atoms with Gasteiger partial charge in [-0.3, -0.25) is 4.90 Å². The lowest BCUT2D eigenvalue weighted by Gasteiger charge is -2.24. The van der Waals surface area contributed by atoms with Gasteiger partial charge in [0.2, 0.25) is 0 Å². The molecule has 0 bridgehead atoms. The zero-order chi connectivity index (χ0) is 9.97. The van der Waals surface area contributed by atoms with Gasteiger partial charge in [-0.05, 0) is 38.6 Å². The predicted molar refractivity (Wildman–Crippen MR) is 57.3 cm³/mol. The highest BCUT2D eigenvalue weighted by atomic mass is 16.3. The van der Waals surface area contributed by atoms with Crippen LogP contribution >= 0.6 is 0 Å². The second-order valence-electron chi connectivity index (χ2n) is 4.84. The Balaban J connectivity index is 1.71. The zero-order valence-electron chi connectivity index (χ0n) is 9.08. The van der Waals surface area contributed by atoms with Gasteiger partial charge in [-0.15, -0.1) is 0 Å². The molecule has 3 nitrogen and oxygen atoms in total. The molecular formula is C11H22N2O. The van der Waals surface area contributed by atoms with Crippen LogP contribution in [0.5, 0.6) is 0 Å². The van der Waals surface area contributed by atoms with Gasteiger partial charge in [0.25, 0.3) is 0 Å². The fraction of sp³-hybridized carbons (Fsp3) is 1.00. The molecule has 0 aromatic carbocycles. The van der Waals surface area contributed by atoms with Crippen LogP contribution in [0.3, 0.4) is 0 Å². The van der Waals surface area contributed by atoms with E-state index in [0.29, 0.717) is 6.54 Å². The van der Waals surface area contributed by atoms with Crippen molar-refractivity contribution in [3.8, 4) is 0 Å². The number of nitrogens with one attached hydrogen (secondary N) is 1. The van der Waals surface area contributed by atoms with E-state index >= 15 is 0 Å². The number of aliphatic hydroxyl groups is 1. The third-order valence-corrected chi connectivity index (χ3v) is 3.14. The molecule has 2 fully saturated rings. The molecule has 2 aliphatic rings. The Labute approximate surface area is 86.5 Å². The Hall–Kier alpha value is -0.120. The molecule has 0 saturated heterocycles. The van der Waals surface area contributed by atoms with Gasteiger partial charge >= 0.3 is 0 Å². The third-order valence-electron chi connectivity index (χ3n) is 3.14. The highest BCUT2D eigenvalue weighted by Gasteiger charge is 2.34. The lowest BCUT2D eigenvalue weighted by Crippen LogP contribution is -2.39. The summed E-state index contributed by atoms with van der Waals surface area (Å²) in [6.45, 7) is 2.81. The molecule has 14 heavy (non-hydrogen) atoms. The smallest absolute Gasteiger partial charge is 0.0791 e. The van der Waals surface area contributed by atoms with E-state index in [1.807, 2.05) is 7.05 Å². The molecule has 0 radical (unpaired) electrons. The summed E-state index contributed by atoms with van der Waals surface area (Å²) in [6, 6.07) is 0.794. The largest absolute Gasteiger partial charge is 0.390 e. The second-order valence-corrected chi connectivity index (χ2v) is 4.84. The number of hydrogen-bond donors (Lipinski definition) is 2. The first-order chi connectivity index (χ1) is 6.79. The van der Waals surface area contributed by atoms with Crippen LogP contribution in [0.25, 0.3) is 0 Å². The number of likely N-dealkylation sites (N-methyl/N-ethyl adjacent to an activating group) is 1. The van der Waals surface area contributed by atoms with E-state index in [1.54, 1.807) is 0 Å². The van der Waals surface area contributed by atoms with Gasteiger partial charge in [-0.2, -0.15) is 0 Å². The maximum Gasteiger partial charge on any atom is 0.0791 e. The number of hydrogen-bond acceptors (Lipinski definition) is 3. The molecule has 2 N–H and O–H groups in total. The maximum absolute atomic E-state index is 9.73. The SMILES string of the molecule is CNCC(O)CN(CC1CC1)C1CC1. The molecule has 2 saturated carbocycles. The van der Waals surface area contributed by atoms with Crippen molar-refractivity contribution in [1.29, 1.82) is 0 Å². The van der Waals surface area contributed by atoms with E-state index in [9.17, 15) is 5.11 Å². The van der Waals surface area contributed by atoms with Crippen LogP contribution in [0, 0.1) is 5.92 Å². The summed E-state index contributed by atoms with van der Waals surface area (Å²) in [6.07, 6.45) is 5.31. The zero-order valence-corrected chi connectivity index (χ0v) is 9.08. The summed E-state index contributed by atoms with van der Waals surface area (Å²) in [4.78, 5) is 2.50. The van der Waals surface area contributed by atoms with Crippen molar-refractivity contribution >= 4 is 0 Å². The van der Waals surface area contributed by atoms with Crippen molar-refractivity contribution in [2.45, 2.75) is 37.8 Å². The summed E-state index contributed by atoms with van der Waals surface area (Å²) in [5.41, 5.74) is 0. The van der Waals surface area contributed by atoms with Gasteiger partial charge in [-0.25, -0.2) is 0 Å². The average molecular weight is 198 g/mol. The highest BCUT2D eigenvalue weighted by molar-refractivity contribution is 4.89. The van der Waals surface area contributed by atoms with E-state index < -0.39 is 0 Å². The van der Waals surface area contributed by atoms with Crippen LogP contribution in [-0.4, -0.2) is 48.8 Å². The summed E-state index contributed by atoms with van der Waals surface area (Å²) < 4.78 is 0. The van der Waals surface area contributed by atoms with Gasteiger partial charge in [0.05, 0.1) is 6.10 Å². The molecule has 0 aromatic rings. The summed E-state index contributed by atoms with van der Waals surface area (Å²) in [7, 11) is 1.89. The molecule has 2 rings (SSSR count). The van der Waals surface area contributed by atoms with E-state index in [4.69, 9.17) is 0 Å². The Morgan fingerprint density at radius 3 is 2.57 bits per heavy atom. The molecule has 0 amide bonds. The fourth-order valence-electron chi connectivity index (χ4n) is 2.02. The van der Waals surface area contributed by atoms with E-state index in [2.05, 4.69) is 10.2 Å². The van der Waals surface area contributed by atoms with Crippen LogP contribution < -0.4 is 5.32 Å². The third kappa shape index (κ3) is 3.23. The topological polar surface area (TPSA) is 35.5 Å². The Kier molecular flexibility index (Phi) is 3.42. The van der Waals surface area contributed by atoms with Gasteiger partial charge in [0.1, 0.15) is 0 Å².